The second-order valence-corrected chi connectivity index (χ2v) is 8.68. The number of nitrogens with one attached hydrogen (secondary N) is 1. The van der Waals surface area contributed by atoms with Crippen LogP contribution in [0.1, 0.15) is 33.6 Å². The van der Waals surface area contributed by atoms with Gasteiger partial charge in [0.05, 0.1) is 29.9 Å². The van der Waals surface area contributed by atoms with Gasteiger partial charge in [-0.05, 0) is 55.3 Å². The summed E-state index contributed by atoms with van der Waals surface area (Å²) in [6.07, 6.45) is 3.30. The zero-order valence-corrected chi connectivity index (χ0v) is 19.0. The zero-order valence-electron chi connectivity index (χ0n) is 18.2. The molecule has 2 aromatic carbocycles. The summed E-state index contributed by atoms with van der Waals surface area (Å²) in [6, 6.07) is 13.1. The molecule has 8 heteroatoms. The number of carbonyl (C=O) groups excluding carboxylic acids is 2. The summed E-state index contributed by atoms with van der Waals surface area (Å²) < 4.78 is 5.40. The van der Waals surface area contributed by atoms with E-state index in [2.05, 4.69) is 15.2 Å². The highest BCUT2D eigenvalue weighted by molar-refractivity contribution is 6.31. The van der Waals surface area contributed by atoms with E-state index in [1.807, 2.05) is 36.4 Å². The van der Waals surface area contributed by atoms with Crippen molar-refractivity contribution in [3.63, 3.8) is 0 Å². The van der Waals surface area contributed by atoms with Gasteiger partial charge < -0.3 is 15.0 Å². The molecule has 0 atom stereocenters. The van der Waals surface area contributed by atoms with Crippen LogP contribution in [-0.4, -0.2) is 61.1 Å². The number of ether oxygens (including phenoxy) is 1. The lowest BCUT2D eigenvalue weighted by atomic mass is 10.1. The molecule has 2 aliphatic heterocycles. The van der Waals surface area contributed by atoms with Crippen LogP contribution >= 0.6 is 11.6 Å². The molecule has 0 radical (unpaired) electrons. The molecule has 0 saturated carbocycles. The fraction of sp³-hybridized carbons (Fsp3) is 0.320. The summed E-state index contributed by atoms with van der Waals surface area (Å²) in [5.41, 5.74) is 3.80. The van der Waals surface area contributed by atoms with Crippen molar-refractivity contribution in [1.29, 1.82) is 0 Å². The largest absolute Gasteiger partial charge is 0.384 e. The number of fused-ring (bicyclic) bond motifs is 2. The minimum absolute atomic E-state index is 0.199. The van der Waals surface area contributed by atoms with E-state index in [-0.39, 0.29) is 11.8 Å². The van der Waals surface area contributed by atoms with Crippen molar-refractivity contribution in [3.05, 3.63) is 64.8 Å². The number of hydrogen-bond acceptors (Lipinski definition) is 6. The summed E-state index contributed by atoms with van der Waals surface area (Å²) in [6.45, 7) is 4.06. The Morgan fingerprint density at radius 2 is 1.79 bits per heavy atom. The molecule has 0 bridgehead atoms. The van der Waals surface area contributed by atoms with Crippen LogP contribution in [0.15, 0.2) is 48.7 Å². The van der Waals surface area contributed by atoms with Gasteiger partial charge in [0.1, 0.15) is 0 Å². The molecule has 5 rings (SSSR count). The molecule has 0 aliphatic carbocycles. The molecule has 3 heterocycles. The first-order valence-corrected chi connectivity index (χ1v) is 11.6. The zero-order chi connectivity index (χ0) is 22.8. The van der Waals surface area contributed by atoms with Crippen molar-refractivity contribution in [3.8, 4) is 0 Å². The predicted octanol–water partition coefficient (Wildman–Crippen LogP) is 4.21. The van der Waals surface area contributed by atoms with E-state index in [1.165, 1.54) is 4.90 Å². The van der Waals surface area contributed by atoms with Crippen molar-refractivity contribution < 1.29 is 14.3 Å². The van der Waals surface area contributed by atoms with E-state index >= 15 is 0 Å². The third-order valence-electron chi connectivity index (χ3n) is 6.16. The number of amides is 2. The normalized spacial score (nSPS) is 15.9. The maximum atomic E-state index is 12.9. The van der Waals surface area contributed by atoms with Gasteiger partial charge >= 0.3 is 0 Å². The maximum absolute atomic E-state index is 12.9. The summed E-state index contributed by atoms with van der Waals surface area (Å²) in [5, 5.41) is 5.10. The van der Waals surface area contributed by atoms with Crippen LogP contribution in [-0.2, 0) is 4.74 Å². The molecule has 0 spiro atoms. The van der Waals surface area contributed by atoms with Gasteiger partial charge in [-0.3, -0.25) is 19.5 Å². The minimum atomic E-state index is -0.200. The van der Waals surface area contributed by atoms with Crippen molar-refractivity contribution in [1.82, 2.24) is 9.88 Å². The molecule has 0 unspecified atom stereocenters. The summed E-state index contributed by atoms with van der Waals surface area (Å²) >= 11 is 6.06. The molecule has 1 saturated heterocycles. The Kier molecular flexibility index (Phi) is 6.15. The van der Waals surface area contributed by atoms with Crippen LogP contribution in [0.25, 0.3) is 10.9 Å². The van der Waals surface area contributed by atoms with E-state index in [0.717, 1.165) is 54.8 Å². The lowest BCUT2D eigenvalue weighted by Crippen LogP contribution is -2.36. The lowest BCUT2D eigenvalue weighted by molar-refractivity contribution is 0.0652. The number of nitrogens with zero attached hydrogens (tertiary/aromatic N) is 3. The second kappa shape index (κ2) is 9.37. The Hall–Kier alpha value is -3.16. The Bertz CT molecular complexity index is 1210. The molecule has 1 fully saturated rings. The number of hydrogen-bond donors (Lipinski definition) is 1. The number of rotatable bonds is 7. The van der Waals surface area contributed by atoms with Crippen LogP contribution < -0.4 is 10.2 Å². The molecule has 1 aromatic heterocycles. The fourth-order valence-electron chi connectivity index (χ4n) is 4.39. The number of morpholine rings is 1. The number of halogens is 1. The van der Waals surface area contributed by atoms with Crippen molar-refractivity contribution >= 4 is 45.7 Å². The Morgan fingerprint density at radius 1 is 0.970 bits per heavy atom. The number of aromatic nitrogens is 1. The molecule has 33 heavy (non-hydrogen) atoms. The van der Waals surface area contributed by atoms with E-state index < -0.39 is 0 Å². The molecule has 3 aromatic rings. The molecular weight excluding hydrogens is 440 g/mol. The quantitative estimate of drug-likeness (QED) is 0.417. The first-order valence-electron chi connectivity index (χ1n) is 11.2. The first-order chi connectivity index (χ1) is 16.1. The molecule has 7 nitrogen and oxygen atoms in total. The van der Waals surface area contributed by atoms with E-state index in [0.29, 0.717) is 35.9 Å². The Morgan fingerprint density at radius 3 is 2.64 bits per heavy atom. The maximum Gasteiger partial charge on any atom is 0.261 e. The predicted molar refractivity (Wildman–Crippen MR) is 129 cm³/mol. The van der Waals surface area contributed by atoms with Gasteiger partial charge in [-0.25, -0.2) is 0 Å². The summed E-state index contributed by atoms with van der Waals surface area (Å²) in [4.78, 5) is 33.6. The van der Waals surface area contributed by atoms with Crippen LogP contribution in [0.4, 0.5) is 11.4 Å². The Labute approximate surface area is 197 Å². The third-order valence-corrected chi connectivity index (χ3v) is 6.39. The third kappa shape index (κ3) is 4.38. The second-order valence-electron chi connectivity index (χ2n) is 8.25. The first kappa shape index (κ1) is 21.7. The van der Waals surface area contributed by atoms with Crippen LogP contribution in [0.5, 0.6) is 0 Å². The number of benzene rings is 2. The average molecular weight is 465 g/mol. The van der Waals surface area contributed by atoms with Crippen LogP contribution in [0.2, 0.25) is 5.02 Å². The molecular formula is C25H25ClN4O3. The monoisotopic (exact) mass is 464 g/mol. The van der Waals surface area contributed by atoms with Crippen molar-refractivity contribution in [2.75, 3.05) is 49.6 Å². The van der Waals surface area contributed by atoms with Gasteiger partial charge in [0.25, 0.3) is 11.8 Å². The van der Waals surface area contributed by atoms with Gasteiger partial charge in [0.2, 0.25) is 0 Å². The highest BCUT2D eigenvalue weighted by Crippen LogP contribution is 2.28. The summed E-state index contributed by atoms with van der Waals surface area (Å²) in [5.74, 6) is -0.399. The number of anilines is 2. The van der Waals surface area contributed by atoms with Crippen molar-refractivity contribution in [2.45, 2.75) is 12.8 Å². The van der Waals surface area contributed by atoms with E-state index in [4.69, 9.17) is 16.3 Å². The smallest absolute Gasteiger partial charge is 0.261 e. The Balaban J connectivity index is 1.17. The molecule has 2 amide bonds. The lowest BCUT2D eigenvalue weighted by Gasteiger charge is -2.29. The molecule has 1 N–H and O–H groups in total. The molecule has 2 aliphatic rings. The topological polar surface area (TPSA) is 74.8 Å². The van der Waals surface area contributed by atoms with Crippen LogP contribution in [0, 0.1) is 0 Å². The fourth-order valence-corrected chi connectivity index (χ4v) is 4.56. The van der Waals surface area contributed by atoms with E-state index in [9.17, 15) is 9.59 Å². The number of imide groups is 1. The van der Waals surface area contributed by atoms with Gasteiger partial charge in [0.15, 0.2) is 0 Å². The highest BCUT2D eigenvalue weighted by Gasteiger charge is 2.35. The van der Waals surface area contributed by atoms with Gasteiger partial charge in [-0.2, -0.15) is 0 Å². The minimum Gasteiger partial charge on any atom is -0.384 e. The SMILES string of the molecule is O=C1c2ccc(N3CCOCC3)cc2C(=O)N1CCCCNc1ccnc2cc(Cl)ccc12. The van der Waals surface area contributed by atoms with Gasteiger partial charge in [0, 0.05) is 54.2 Å². The highest BCUT2D eigenvalue weighted by atomic mass is 35.5. The molecule has 170 valence electrons. The van der Waals surface area contributed by atoms with Gasteiger partial charge in [-0.15, -0.1) is 0 Å². The number of carbonyl (C=O) groups is 2. The summed E-state index contributed by atoms with van der Waals surface area (Å²) in [7, 11) is 0. The number of pyridine rings is 1. The number of unbranched alkanes of at least 4 members (excludes halogenated alkanes) is 1. The average Bonchev–Trinajstić information content (AvgIpc) is 3.08. The van der Waals surface area contributed by atoms with Gasteiger partial charge in [-0.1, -0.05) is 11.6 Å². The van der Waals surface area contributed by atoms with Crippen LogP contribution in [0.3, 0.4) is 0 Å². The van der Waals surface area contributed by atoms with Crippen molar-refractivity contribution in [2.24, 2.45) is 0 Å². The van der Waals surface area contributed by atoms with E-state index in [1.54, 1.807) is 12.3 Å². The standard InChI is InChI=1S/C25H25ClN4O3/c26-17-3-5-20-22(7-9-28-23(20)15-17)27-8-1-2-10-30-24(31)19-6-4-18(16-21(19)25(30)32)29-11-13-33-14-12-29/h3-7,9,15-16H,1-2,8,10-14H2,(H,27,28).